The molecule has 0 saturated heterocycles. The molecule has 0 spiro atoms. The number of nitro groups is 1. The average molecular weight is 270 g/mol. The Labute approximate surface area is 111 Å². The van der Waals surface area contributed by atoms with Gasteiger partial charge in [0.15, 0.2) is 12.0 Å². The Morgan fingerprint density at radius 2 is 2.05 bits per heavy atom. The molecule has 0 saturated carbocycles. The topological polar surface area (TPSA) is 82.9 Å². The minimum atomic E-state index is -0.470. The first-order valence-electron chi connectivity index (χ1n) is 5.83. The molecule has 7 heteroatoms. The number of hydrogen-bond donors (Lipinski definition) is 1. The molecule has 0 atom stereocenters. The van der Waals surface area contributed by atoms with Crippen LogP contribution in [0.2, 0.25) is 0 Å². The molecule has 7 nitrogen and oxygen atoms in total. The van der Waals surface area contributed by atoms with Gasteiger partial charge in [0, 0.05) is 32.0 Å². The molecule has 106 valence electrons. The van der Waals surface area contributed by atoms with Gasteiger partial charge in [0.2, 0.25) is 0 Å². The zero-order valence-electron chi connectivity index (χ0n) is 11.2. The van der Waals surface area contributed by atoms with Crippen molar-refractivity contribution in [3.63, 3.8) is 0 Å². The summed E-state index contributed by atoms with van der Waals surface area (Å²) in [6, 6.07) is 4.61. The van der Waals surface area contributed by atoms with Crippen molar-refractivity contribution in [2.45, 2.75) is 13.2 Å². The summed E-state index contributed by atoms with van der Waals surface area (Å²) in [5, 5.41) is 13.9. The predicted molar refractivity (Wildman–Crippen MR) is 70.6 cm³/mol. The number of rotatable bonds is 8. The van der Waals surface area contributed by atoms with Gasteiger partial charge in [0.1, 0.15) is 0 Å². The van der Waals surface area contributed by atoms with Crippen LogP contribution in [-0.4, -0.2) is 38.6 Å². The third-order valence-corrected chi connectivity index (χ3v) is 2.45. The average Bonchev–Trinajstić information content (AvgIpc) is 2.40. The van der Waals surface area contributed by atoms with E-state index in [4.69, 9.17) is 14.2 Å². The minimum absolute atomic E-state index is 0.0533. The van der Waals surface area contributed by atoms with E-state index in [1.807, 2.05) is 0 Å². The number of ether oxygens (including phenoxy) is 3. The van der Waals surface area contributed by atoms with Gasteiger partial charge in [0.05, 0.1) is 18.1 Å². The van der Waals surface area contributed by atoms with Crippen LogP contribution in [0.5, 0.6) is 5.75 Å². The quantitative estimate of drug-likeness (QED) is 0.442. The second-order valence-electron chi connectivity index (χ2n) is 3.65. The summed E-state index contributed by atoms with van der Waals surface area (Å²) in [7, 11) is 3.08. The van der Waals surface area contributed by atoms with E-state index in [0.29, 0.717) is 18.8 Å². The van der Waals surface area contributed by atoms with E-state index in [-0.39, 0.29) is 17.7 Å². The summed E-state index contributed by atoms with van der Waals surface area (Å²) in [5.41, 5.74) is 0.649. The Morgan fingerprint density at radius 1 is 1.37 bits per heavy atom. The monoisotopic (exact) mass is 270 g/mol. The number of methoxy groups -OCH3 is 2. The van der Waals surface area contributed by atoms with E-state index in [0.717, 1.165) is 0 Å². The Kier molecular flexibility index (Phi) is 6.04. The highest BCUT2D eigenvalue weighted by Gasteiger charge is 2.15. The van der Waals surface area contributed by atoms with Gasteiger partial charge in [-0.25, -0.2) is 0 Å². The van der Waals surface area contributed by atoms with Crippen LogP contribution in [0.15, 0.2) is 18.2 Å². The van der Waals surface area contributed by atoms with Crippen LogP contribution >= 0.6 is 0 Å². The summed E-state index contributed by atoms with van der Waals surface area (Å²) in [6.07, 6.45) is -0.384. The summed E-state index contributed by atoms with van der Waals surface area (Å²) < 4.78 is 15.3. The number of nitrogens with one attached hydrogen (secondary N) is 1. The van der Waals surface area contributed by atoms with Gasteiger partial charge in [-0.05, 0) is 13.0 Å². The number of nitrogens with zero attached hydrogens (tertiary/aromatic N) is 1. The maximum atomic E-state index is 10.8. The molecular formula is C12H18N2O5. The van der Waals surface area contributed by atoms with E-state index < -0.39 is 4.92 Å². The fourth-order valence-electron chi connectivity index (χ4n) is 1.51. The van der Waals surface area contributed by atoms with E-state index in [1.165, 1.54) is 20.3 Å². The third kappa shape index (κ3) is 4.38. The van der Waals surface area contributed by atoms with Gasteiger partial charge in [0.25, 0.3) is 0 Å². The molecule has 0 fully saturated rings. The van der Waals surface area contributed by atoms with Crippen molar-refractivity contribution in [3.05, 3.63) is 28.3 Å². The van der Waals surface area contributed by atoms with Crippen molar-refractivity contribution in [2.24, 2.45) is 0 Å². The minimum Gasteiger partial charge on any atom is -0.487 e. The van der Waals surface area contributed by atoms with Crippen molar-refractivity contribution in [2.75, 3.05) is 32.7 Å². The van der Waals surface area contributed by atoms with Crippen LogP contribution in [0.3, 0.4) is 0 Å². The molecule has 0 aliphatic carbocycles. The maximum absolute atomic E-state index is 10.8. The second kappa shape index (κ2) is 7.55. The first-order chi connectivity index (χ1) is 9.12. The van der Waals surface area contributed by atoms with Crippen molar-refractivity contribution in [1.29, 1.82) is 0 Å². The van der Waals surface area contributed by atoms with E-state index in [2.05, 4.69) is 5.32 Å². The summed E-state index contributed by atoms with van der Waals surface area (Å²) in [5.74, 6) is 0.240. The molecule has 1 aromatic rings. The molecule has 0 aliphatic heterocycles. The Morgan fingerprint density at radius 3 is 2.58 bits per heavy atom. The highest BCUT2D eigenvalue weighted by Crippen LogP contribution is 2.30. The fourth-order valence-corrected chi connectivity index (χ4v) is 1.51. The normalized spacial score (nSPS) is 10.5. The first-order valence-corrected chi connectivity index (χ1v) is 5.83. The molecule has 0 unspecified atom stereocenters. The Bertz CT molecular complexity index is 421. The van der Waals surface area contributed by atoms with Gasteiger partial charge >= 0.3 is 5.69 Å². The van der Waals surface area contributed by atoms with Crippen LogP contribution in [0.1, 0.15) is 6.92 Å². The number of benzene rings is 1. The molecule has 0 aromatic heterocycles. The lowest BCUT2D eigenvalue weighted by atomic mass is 10.2. The second-order valence-corrected chi connectivity index (χ2v) is 3.65. The van der Waals surface area contributed by atoms with Gasteiger partial charge in [-0.1, -0.05) is 0 Å². The molecule has 19 heavy (non-hydrogen) atoms. The molecule has 1 aromatic carbocycles. The molecule has 0 heterocycles. The van der Waals surface area contributed by atoms with Crippen LogP contribution in [0.25, 0.3) is 0 Å². The third-order valence-electron chi connectivity index (χ3n) is 2.45. The molecule has 0 bridgehead atoms. The van der Waals surface area contributed by atoms with Crippen LogP contribution in [0.4, 0.5) is 11.4 Å². The lowest BCUT2D eigenvalue weighted by Crippen LogP contribution is -2.23. The van der Waals surface area contributed by atoms with Gasteiger partial charge < -0.3 is 19.5 Å². The molecule has 0 amide bonds. The van der Waals surface area contributed by atoms with E-state index >= 15 is 0 Å². The van der Waals surface area contributed by atoms with Crippen LogP contribution in [-0.2, 0) is 9.47 Å². The molecule has 1 N–H and O–H groups in total. The predicted octanol–water partition coefficient (Wildman–Crippen LogP) is 2.02. The first kappa shape index (κ1) is 15.2. The smallest absolute Gasteiger partial charge is 0.311 e. The summed E-state index contributed by atoms with van der Waals surface area (Å²) >= 11 is 0. The standard InChI is InChI=1S/C12H18N2O5/c1-4-19-11-7-9(5-6-10(11)14(15)16)13-8-12(17-2)18-3/h5-7,12-13H,4,8H2,1-3H3. The molecule has 0 aliphatic rings. The zero-order valence-corrected chi connectivity index (χ0v) is 11.2. The van der Waals surface area contributed by atoms with Gasteiger partial charge in [-0.15, -0.1) is 0 Å². The Hall–Kier alpha value is -1.86. The highest BCUT2D eigenvalue weighted by atomic mass is 16.7. The Balaban J connectivity index is 2.80. The lowest BCUT2D eigenvalue weighted by Gasteiger charge is -2.15. The molecular weight excluding hydrogens is 252 g/mol. The maximum Gasteiger partial charge on any atom is 0.311 e. The van der Waals surface area contributed by atoms with E-state index in [9.17, 15) is 10.1 Å². The summed E-state index contributed by atoms with van der Waals surface area (Å²) in [4.78, 5) is 10.4. The van der Waals surface area contributed by atoms with Crippen LogP contribution < -0.4 is 10.1 Å². The van der Waals surface area contributed by atoms with Crippen molar-refractivity contribution in [3.8, 4) is 5.75 Å². The highest BCUT2D eigenvalue weighted by molar-refractivity contribution is 5.58. The lowest BCUT2D eigenvalue weighted by molar-refractivity contribution is -0.385. The van der Waals surface area contributed by atoms with Gasteiger partial charge in [-0.3, -0.25) is 10.1 Å². The number of anilines is 1. The SMILES string of the molecule is CCOc1cc(NCC(OC)OC)ccc1[N+](=O)[O-]. The number of hydrogen-bond acceptors (Lipinski definition) is 6. The zero-order chi connectivity index (χ0) is 14.3. The van der Waals surface area contributed by atoms with E-state index in [1.54, 1.807) is 19.1 Å². The van der Waals surface area contributed by atoms with Crippen molar-refractivity contribution in [1.82, 2.24) is 0 Å². The van der Waals surface area contributed by atoms with Gasteiger partial charge in [-0.2, -0.15) is 0 Å². The summed E-state index contributed by atoms with van der Waals surface area (Å²) in [6.45, 7) is 2.56. The fraction of sp³-hybridized carbons (Fsp3) is 0.500. The largest absolute Gasteiger partial charge is 0.487 e. The number of nitro benzene ring substituents is 1. The van der Waals surface area contributed by atoms with Crippen molar-refractivity contribution >= 4 is 11.4 Å². The van der Waals surface area contributed by atoms with Crippen LogP contribution in [0, 0.1) is 10.1 Å². The van der Waals surface area contributed by atoms with Crippen molar-refractivity contribution < 1.29 is 19.1 Å². The molecule has 1 rings (SSSR count). The molecule has 0 radical (unpaired) electrons.